The molecule has 1 aromatic heterocycles. The van der Waals surface area contributed by atoms with Gasteiger partial charge >= 0.3 is 6.18 Å². The number of halogens is 3. The number of carbonyl (C=O) groups excluding carboxylic acids is 1. The van der Waals surface area contributed by atoms with Gasteiger partial charge in [0.15, 0.2) is 5.69 Å². The molecule has 1 heterocycles. The lowest BCUT2D eigenvalue weighted by Crippen LogP contribution is -2.21. The lowest BCUT2D eigenvalue weighted by molar-refractivity contribution is -0.143. The summed E-state index contributed by atoms with van der Waals surface area (Å²) in [5.74, 6) is -1.15. The number of benzene rings is 1. The number of para-hydroxylation sites is 1. The van der Waals surface area contributed by atoms with E-state index in [2.05, 4.69) is 5.10 Å². The summed E-state index contributed by atoms with van der Waals surface area (Å²) in [6.45, 7) is 3.73. The van der Waals surface area contributed by atoms with Crippen LogP contribution < -0.4 is 5.73 Å². The molecule has 0 unspecified atom stereocenters. The molecule has 0 aliphatic carbocycles. The smallest absolute Gasteiger partial charge is 0.365 e. The van der Waals surface area contributed by atoms with E-state index >= 15 is 0 Å². The number of rotatable bonds is 3. The molecule has 2 aromatic rings. The Morgan fingerprint density at radius 1 is 1.29 bits per heavy atom. The van der Waals surface area contributed by atoms with Crippen LogP contribution in [-0.4, -0.2) is 15.7 Å². The standard InChI is InChI=1S/C14H14F3N3O/c1-8(2)9-5-3-4-6-11(9)20-12(14(15,16)17)10(7-19-20)13(18)21/h3-8H,1-2H3,(H2,18,21). The van der Waals surface area contributed by atoms with Gasteiger partial charge in [-0.1, -0.05) is 32.0 Å². The Hall–Kier alpha value is -2.31. The van der Waals surface area contributed by atoms with E-state index in [-0.39, 0.29) is 11.6 Å². The van der Waals surface area contributed by atoms with Gasteiger partial charge in [0.25, 0.3) is 5.91 Å². The molecule has 112 valence electrons. The first kappa shape index (κ1) is 15.1. The van der Waals surface area contributed by atoms with Crippen molar-refractivity contribution in [2.45, 2.75) is 25.9 Å². The van der Waals surface area contributed by atoms with Gasteiger partial charge in [0.2, 0.25) is 0 Å². The maximum Gasteiger partial charge on any atom is 0.434 e. The largest absolute Gasteiger partial charge is 0.434 e. The highest BCUT2D eigenvalue weighted by Gasteiger charge is 2.40. The molecule has 0 atom stereocenters. The van der Waals surface area contributed by atoms with Crippen molar-refractivity contribution < 1.29 is 18.0 Å². The molecule has 0 aliphatic rings. The van der Waals surface area contributed by atoms with E-state index in [1.165, 1.54) is 6.07 Å². The number of aromatic nitrogens is 2. The minimum atomic E-state index is -4.73. The summed E-state index contributed by atoms with van der Waals surface area (Å²) < 4.78 is 40.5. The molecule has 2 rings (SSSR count). The molecule has 0 bridgehead atoms. The van der Waals surface area contributed by atoms with Crippen LogP contribution in [-0.2, 0) is 6.18 Å². The van der Waals surface area contributed by atoms with E-state index in [4.69, 9.17) is 5.73 Å². The first-order chi connectivity index (χ1) is 9.73. The second-order valence-electron chi connectivity index (χ2n) is 4.89. The van der Waals surface area contributed by atoms with Crippen LogP contribution in [0.5, 0.6) is 0 Å². The topological polar surface area (TPSA) is 60.9 Å². The SMILES string of the molecule is CC(C)c1ccccc1-n1ncc(C(N)=O)c1C(F)(F)F. The predicted molar refractivity (Wildman–Crippen MR) is 71.2 cm³/mol. The average Bonchev–Trinajstić information content (AvgIpc) is 2.83. The van der Waals surface area contributed by atoms with E-state index in [0.29, 0.717) is 5.56 Å². The van der Waals surface area contributed by atoms with Crippen molar-refractivity contribution in [3.8, 4) is 5.69 Å². The number of hydrogen-bond donors (Lipinski definition) is 1. The van der Waals surface area contributed by atoms with Gasteiger partial charge in [0.05, 0.1) is 17.4 Å². The highest BCUT2D eigenvalue weighted by Crippen LogP contribution is 2.35. The van der Waals surface area contributed by atoms with Gasteiger partial charge in [-0.3, -0.25) is 4.79 Å². The number of alkyl halides is 3. The van der Waals surface area contributed by atoms with E-state index in [1.54, 1.807) is 18.2 Å². The molecule has 0 spiro atoms. The van der Waals surface area contributed by atoms with Crippen molar-refractivity contribution >= 4 is 5.91 Å². The Morgan fingerprint density at radius 3 is 2.43 bits per heavy atom. The van der Waals surface area contributed by atoms with Crippen LogP contribution in [0.3, 0.4) is 0 Å². The summed E-state index contributed by atoms with van der Waals surface area (Å²) in [5.41, 5.74) is 4.20. The van der Waals surface area contributed by atoms with Gasteiger partial charge in [0, 0.05) is 0 Å². The Kier molecular flexibility index (Phi) is 3.76. The van der Waals surface area contributed by atoms with Gasteiger partial charge in [-0.25, -0.2) is 4.68 Å². The van der Waals surface area contributed by atoms with Crippen LogP contribution in [0, 0.1) is 0 Å². The molecular formula is C14H14F3N3O. The van der Waals surface area contributed by atoms with Crippen molar-refractivity contribution in [2.24, 2.45) is 5.73 Å². The zero-order valence-corrected chi connectivity index (χ0v) is 11.5. The first-order valence-electron chi connectivity index (χ1n) is 6.27. The molecule has 1 aromatic carbocycles. The van der Waals surface area contributed by atoms with Crippen LogP contribution >= 0.6 is 0 Å². The molecule has 4 nitrogen and oxygen atoms in total. The van der Waals surface area contributed by atoms with Crippen LogP contribution in [0.1, 0.15) is 41.4 Å². The zero-order chi connectivity index (χ0) is 15.8. The Morgan fingerprint density at radius 2 is 1.90 bits per heavy atom. The summed E-state index contributed by atoms with van der Waals surface area (Å²) in [4.78, 5) is 11.2. The Bertz CT molecular complexity index is 674. The molecule has 0 radical (unpaired) electrons. The maximum absolute atomic E-state index is 13.3. The molecule has 7 heteroatoms. The lowest BCUT2D eigenvalue weighted by atomic mass is 10.0. The number of carbonyl (C=O) groups is 1. The zero-order valence-electron chi connectivity index (χ0n) is 11.5. The quantitative estimate of drug-likeness (QED) is 0.946. The summed E-state index contributed by atoms with van der Waals surface area (Å²) in [5, 5.41) is 3.71. The fraction of sp³-hybridized carbons (Fsp3) is 0.286. The Labute approximate surface area is 119 Å². The van der Waals surface area contributed by atoms with Gasteiger partial charge in [-0.2, -0.15) is 18.3 Å². The number of primary amides is 1. The summed E-state index contributed by atoms with van der Waals surface area (Å²) in [6, 6.07) is 6.62. The highest BCUT2D eigenvalue weighted by atomic mass is 19.4. The van der Waals surface area contributed by atoms with E-state index in [9.17, 15) is 18.0 Å². The normalized spacial score (nSPS) is 11.9. The number of nitrogens with two attached hydrogens (primary N) is 1. The van der Waals surface area contributed by atoms with Crippen molar-refractivity contribution in [1.29, 1.82) is 0 Å². The first-order valence-corrected chi connectivity index (χ1v) is 6.27. The molecule has 1 amide bonds. The van der Waals surface area contributed by atoms with Gasteiger partial charge in [0.1, 0.15) is 0 Å². The summed E-state index contributed by atoms with van der Waals surface area (Å²) >= 11 is 0. The predicted octanol–water partition coefficient (Wildman–Crippen LogP) is 3.11. The summed E-state index contributed by atoms with van der Waals surface area (Å²) in [6.07, 6.45) is -3.88. The third-order valence-electron chi connectivity index (χ3n) is 3.09. The molecule has 0 saturated heterocycles. The minimum absolute atomic E-state index is 0.00325. The van der Waals surface area contributed by atoms with Gasteiger partial charge < -0.3 is 5.73 Å². The second-order valence-corrected chi connectivity index (χ2v) is 4.89. The van der Waals surface area contributed by atoms with Crippen molar-refractivity contribution in [1.82, 2.24) is 9.78 Å². The van der Waals surface area contributed by atoms with E-state index < -0.39 is 23.3 Å². The number of nitrogens with zero attached hydrogens (tertiary/aromatic N) is 2. The van der Waals surface area contributed by atoms with Crippen LogP contribution in [0.2, 0.25) is 0 Å². The fourth-order valence-corrected chi connectivity index (χ4v) is 2.15. The molecule has 0 aliphatic heterocycles. The van der Waals surface area contributed by atoms with Gasteiger partial charge in [-0.05, 0) is 17.5 Å². The van der Waals surface area contributed by atoms with Crippen molar-refractivity contribution in [3.05, 3.63) is 47.3 Å². The van der Waals surface area contributed by atoms with Crippen molar-refractivity contribution in [2.75, 3.05) is 0 Å². The van der Waals surface area contributed by atoms with E-state index in [1.807, 2.05) is 13.8 Å². The van der Waals surface area contributed by atoms with Crippen molar-refractivity contribution in [3.63, 3.8) is 0 Å². The van der Waals surface area contributed by atoms with Crippen LogP contribution in [0.25, 0.3) is 5.69 Å². The van der Waals surface area contributed by atoms with Crippen LogP contribution in [0.4, 0.5) is 13.2 Å². The minimum Gasteiger partial charge on any atom is -0.365 e. The maximum atomic E-state index is 13.3. The molecule has 2 N–H and O–H groups in total. The summed E-state index contributed by atoms with van der Waals surface area (Å²) in [7, 11) is 0. The molecule has 0 saturated carbocycles. The third-order valence-corrected chi connectivity index (χ3v) is 3.09. The third kappa shape index (κ3) is 2.76. The molecule has 0 fully saturated rings. The number of hydrogen-bond acceptors (Lipinski definition) is 2. The van der Waals surface area contributed by atoms with Gasteiger partial charge in [-0.15, -0.1) is 0 Å². The van der Waals surface area contributed by atoms with Crippen LogP contribution in [0.15, 0.2) is 30.5 Å². The lowest BCUT2D eigenvalue weighted by Gasteiger charge is -2.16. The second kappa shape index (κ2) is 5.23. The molecular weight excluding hydrogens is 283 g/mol. The monoisotopic (exact) mass is 297 g/mol. The van der Waals surface area contributed by atoms with E-state index in [0.717, 1.165) is 10.9 Å². The Balaban J connectivity index is 2.74. The fourth-order valence-electron chi connectivity index (χ4n) is 2.15. The average molecular weight is 297 g/mol. The molecule has 21 heavy (non-hydrogen) atoms. The highest BCUT2D eigenvalue weighted by molar-refractivity contribution is 5.94. The number of amides is 1.